The van der Waals surface area contributed by atoms with Crippen LogP contribution in [0.4, 0.5) is 0 Å². The molecule has 1 heterocycles. The molecule has 0 saturated heterocycles. The Kier molecular flexibility index (Phi) is 4.61. The summed E-state index contributed by atoms with van der Waals surface area (Å²) in [6, 6.07) is 17.1. The van der Waals surface area contributed by atoms with Crippen molar-refractivity contribution in [3.8, 4) is 28.3 Å². The monoisotopic (exact) mass is 323 g/mol. The van der Waals surface area contributed by atoms with E-state index < -0.39 is 0 Å². The van der Waals surface area contributed by atoms with Gasteiger partial charge in [-0.05, 0) is 29.8 Å². The lowest BCUT2D eigenvalue weighted by molar-refractivity contribution is -0.139. The topological polar surface area (TPSA) is 61.6 Å². The van der Waals surface area contributed by atoms with Gasteiger partial charge in [-0.3, -0.25) is 4.79 Å². The van der Waals surface area contributed by atoms with Gasteiger partial charge in [-0.15, -0.1) is 0 Å². The van der Waals surface area contributed by atoms with Crippen LogP contribution in [0.1, 0.15) is 5.56 Å². The van der Waals surface area contributed by atoms with Gasteiger partial charge in [0.05, 0.1) is 20.6 Å². The Labute approximate surface area is 139 Å². The lowest BCUT2D eigenvalue weighted by Gasteiger charge is -2.01. The summed E-state index contributed by atoms with van der Waals surface area (Å²) in [5.74, 6) is 1.22. The van der Waals surface area contributed by atoms with Gasteiger partial charge >= 0.3 is 5.97 Å². The normalized spacial score (nSPS) is 10.4. The molecule has 24 heavy (non-hydrogen) atoms. The minimum Gasteiger partial charge on any atom is -0.497 e. The molecule has 3 rings (SSSR count). The van der Waals surface area contributed by atoms with Gasteiger partial charge in [0.2, 0.25) is 0 Å². The Bertz CT molecular complexity index is 819. The molecule has 0 aliphatic carbocycles. The fraction of sp³-hybridized carbons (Fsp3) is 0.158. The highest BCUT2D eigenvalue weighted by atomic mass is 16.5. The quantitative estimate of drug-likeness (QED) is 0.670. The number of esters is 1. The van der Waals surface area contributed by atoms with Gasteiger partial charge in [0, 0.05) is 17.2 Å². The van der Waals surface area contributed by atoms with Crippen LogP contribution in [0.15, 0.2) is 59.1 Å². The van der Waals surface area contributed by atoms with Crippen LogP contribution in [0.25, 0.3) is 22.6 Å². The van der Waals surface area contributed by atoms with Gasteiger partial charge in [-0.2, -0.15) is 0 Å². The predicted octanol–water partition coefficient (Wildman–Crippen LogP) is 3.73. The molecular formula is C19H17NO4. The molecule has 0 aliphatic rings. The van der Waals surface area contributed by atoms with Gasteiger partial charge < -0.3 is 14.0 Å². The van der Waals surface area contributed by atoms with Crippen LogP contribution in [0.3, 0.4) is 0 Å². The zero-order valence-corrected chi connectivity index (χ0v) is 13.5. The number of nitrogens with zero attached hydrogens (tertiary/aromatic N) is 1. The van der Waals surface area contributed by atoms with Crippen LogP contribution in [0.5, 0.6) is 5.75 Å². The first-order chi connectivity index (χ1) is 11.7. The zero-order chi connectivity index (χ0) is 16.9. The van der Waals surface area contributed by atoms with E-state index in [1.165, 1.54) is 7.11 Å². The molecule has 122 valence electrons. The van der Waals surface area contributed by atoms with Crippen molar-refractivity contribution in [1.82, 2.24) is 5.16 Å². The standard InChI is InChI=1S/C19H17NO4/c1-22-16-9-7-15(8-10-16)18-12-17(20-24-18)14-5-3-13(4-6-14)11-19(21)23-2/h3-10,12H,11H2,1-2H3. The Hall–Kier alpha value is -3.08. The molecule has 0 aliphatic heterocycles. The number of rotatable bonds is 5. The van der Waals surface area contributed by atoms with Crippen molar-refractivity contribution in [2.24, 2.45) is 0 Å². The van der Waals surface area contributed by atoms with Crippen molar-refractivity contribution >= 4 is 5.97 Å². The summed E-state index contributed by atoms with van der Waals surface area (Å²) in [4.78, 5) is 11.3. The molecule has 0 N–H and O–H groups in total. The summed E-state index contributed by atoms with van der Waals surface area (Å²) in [6.45, 7) is 0. The Morgan fingerprint density at radius 1 is 1.00 bits per heavy atom. The first-order valence-electron chi connectivity index (χ1n) is 7.47. The van der Waals surface area contributed by atoms with Crippen LogP contribution >= 0.6 is 0 Å². The molecule has 0 bridgehead atoms. The lowest BCUT2D eigenvalue weighted by atomic mass is 10.1. The van der Waals surface area contributed by atoms with Gasteiger partial charge in [-0.1, -0.05) is 29.4 Å². The molecule has 2 aromatic carbocycles. The van der Waals surface area contributed by atoms with Crippen molar-refractivity contribution in [1.29, 1.82) is 0 Å². The van der Waals surface area contributed by atoms with E-state index in [0.717, 1.165) is 28.1 Å². The van der Waals surface area contributed by atoms with Crippen LogP contribution in [-0.4, -0.2) is 25.3 Å². The van der Waals surface area contributed by atoms with Gasteiger partial charge in [0.15, 0.2) is 5.76 Å². The highest BCUT2D eigenvalue weighted by Gasteiger charge is 2.09. The molecule has 1 aromatic heterocycles. The molecule has 3 aromatic rings. The summed E-state index contributed by atoms with van der Waals surface area (Å²) in [5, 5.41) is 4.11. The van der Waals surface area contributed by atoms with Crippen LogP contribution in [0.2, 0.25) is 0 Å². The first kappa shape index (κ1) is 15.8. The second-order valence-corrected chi connectivity index (χ2v) is 5.25. The maximum atomic E-state index is 11.3. The summed E-state index contributed by atoms with van der Waals surface area (Å²) < 4.78 is 15.2. The van der Waals surface area contributed by atoms with Crippen molar-refractivity contribution < 1.29 is 18.8 Å². The summed E-state index contributed by atoms with van der Waals surface area (Å²) in [6.07, 6.45) is 0.257. The molecule has 0 atom stereocenters. The van der Waals surface area contributed by atoms with Crippen LogP contribution in [0, 0.1) is 0 Å². The highest BCUT2D eigenvalue weighted by Crippen LogP contribution is 2.27. The molecule has 5 heteroatoms. The number of carbonyl (C=O) groups excluding carboxylic acids is 1. The van der Waals surface area contributed by atoms with Crippen molar-refractivity contribution in [3.05, 3.63) is 60.2 Å². The van der Waals surface area contributed by atoms with Crippen molar-refractivity contribution in [2.45, 2.75) is 6.42 Å². The van der Waals surface area contributed by atoms with Crippen LogP contribution < -0.4 is 4.74 Å². The molecule has 0 fully saturated rings. The van der Waals surface area contributed by atoms with E-state index in [9.17, 15) is 4.79 Å². The number of benzene rings is 2. The summed E-state index contributed by atoms with van der Waals surface area (Å²) >= 11 is 0. The average Bonchev–Trinajstić information content (AvgIpc) is 3.12. The molecule has 0 radical (unpaired) electrons. The van der Waals surface area contributed by atoms with E-state index >= 15 is 0 Å². The maximum absolute atomic E-state index is 11.3. The fourth-order valence-corrected chi connectivity index (χ4v) is 2.33. The van der Waals surface area contributed by atoms with Gasteiger partial charge in [0.1, 0.15) is 11.4 Å². The van der Waals surface area contributed by atoms with E-state index in [4.69, 9.17) is 9.26 Å². The van der Waals surface area contributed by atoms with E-state index in [1.807, 2.05) is 54.6 Å². The van der Waals surface area contributed by atoms with Crippen LogP contribution in [-0.2, 0) is 16.0 Å². The number of hydrogen-bond donors (Lipinski definition) is 0. The van der Waals surface area contributed by atoms with E-state index in [2.05, 4.69) is 9.89 Å². The summed E-state index contributed by atoms with van der Waals surface area (Å²) in [7, 11) is 3.01. The second kappa shape index (κ2) is 7.00. The molecule has 5 nitrogen and oxygen atoms in total. The SMILES string of the molecule is COC(=O)Cc1ccc(-c2cc(-c3ccc(OC)cc3)on2)cc1. The third-order valence-corrected chi connectivity index (χ3v) is 3.71. The Morgan fingerprint density at radius 3 is 2.29 bits per heavy atom. The van der Waals surface area contributed by atoms with Gasteiger partial charge in [0.25, 0.3) is 0 Å². The fourth-order valence-electron chi connectivity index (χ4n) is 2.33. The molecule has 0 spiro atoms. The largest absolute Gasteiger partial charge is 0.497 e. The third-order valence-electron chi connectivity index (χ3n) is 3.71. The number of ether oxygens (including phenoxy) is 2. The molecular weight excluding hydrogens is 306 g/mol. The van der Waals surface area contributed by atoms with Crippen molar-refractivity contribution in [3.63, 3.8) is 0 Å². The number of aromatic nitrogens is 1. The maximum Gasteiger partial charge on any atom is 0.309 e. The number of carbonyl (C=O) groups is 1. The highest BCUT2D eigenvalue weighted by molar-refractivity contribution is 5.73. The van der Waals surface area contributed by atoms with Gasteiger partial charge in [-0.25, -0.2) is 0 Å². The van der Waals surface area contributed by atoms with E-state index in [0.29, 0.717) is 5.76 Å². The smallest absolute Gasteiger partial charge is 0.309 e. The minimum atomic E-state index is -0.258. The average molecular weight is 323 g/mol. The first-order valence-corrected chi connectivity index (χ1v) is 7.47. The predicted molar refractivity (Wildman–Crippen MR) is 89.6 cm³/mol. The molecule has 0 amide bonds. The Balaban J connectivity index is 1.78. The third kappa shape index (κ3) is 3.46. The number of hydrogen-bond acceptors (Lipinski definition) is 5. The van der Waals surface area contributed by atoms with E-state index in [1.54, 1.807) is 7.11 Å². The molecule has 0 saturated carbocycles. The number of methoxy groups -OCH3 is 2. The minimum absolute atomic E-state index is 0.257. The lowest BCUT2D eigenvalue weighted by Crippen LogP contribution is -2.04. The second-order valence-electron chi connectivity index (χ2n) is 5.25. The van der Waals surface area contributed by atoms with Crippen molar-refractivity contribution in [2.75, 3.05) is 14.2 Å². The zero-order valence-electron chi connectivity index (χ0n) is 13.5. The Morgan fingerprint density at radius 2 is 1.67 bits per heavy atom. The van der Waals surface area contributed by atoms with E-state index in [-0.39, 0.29) is 12.4 Å². The summed E-state index contributed by atoms with van der Waals surface area (Å²) in [5.41, 5.74) is 3.49. The molecule has 0 unspecified atom stereocenters.